The minimum absolute atomic E-state index is 0.0119. The van der Waals surface area contributed by atoms with Crippen LogP contribution >= 0.6 is 11.6 Å². The van der Waals surface area contributed by atoms with Crippen LogP contribution in [0.15, 0.2) is 42.5 Å². The van der Waals surface area contributed by atoms with Crippen molar-refractivity contribution in [2.24, 2.45) is 0 Å². The predicted octanol–water partition coefficient (Wildman–Crippen LogP) is 5.81. The van der Waals surface area contributed by atoms with E-state index in [1.54, 1.807) is 26.8 Å². The molecule has 11 nitrogen and oxygen atoms in total. The quantitative estimate of drug-likeness (QED) is 0.308. The van der Waals surface area contributed by atoms with Crippen LogP contribution in [-0.2, 0) is 21.5 Å². The van der Waals surface area contributed by atoms with Gasteiger partial charge in [0.1, 0.15) is 18.0 Å². The van der Waals surface area contributed by atoms with Gasteiger partial charge in [0, 0.05) is 67.2 Å². The van der Waals surface area contributed by atoms with Crippen LogP contribution in [0.4, 0.5) is 4.79 Å². The fourth-order valence-electron chi connectivity index (χ4n) is 7.30. The molecule has 1 atom stereocenters. The Morgan fingerprint density at radius 3 is 2.45 bits per heavy atom. The number of nitrogens with one attached hydrogen (secondary N) is 1. The molecular weight excluding hydrogens is 666 g/mol. The Hall–Kier alpha value is -3.32. The Morgan fingerprint density at radius 1 is 1.04 bits per heavy atom. The van der Waals surface area contributed by atoms with Crippen LogP contribution in [0.25, 0.3) is 22.2 Å². The van der Waals surface area contributed by atoms with E-state index in [1.807, 2.05) is 37.4 Å². The molecule has 0 unspecified atom stereocenters. The van der Waals surface area contributed by atoms with Gasteiger partial charge in [-0.2, -0.15) is 12.7 Å². The first kappa shape index (κ1) is 35.5. The number of aromatic nitrogens is 1. The number of ether oxygens (including phenoxy) is 2. The molecule has 6 rings (SSSR count). The van der Waals surface area contributed by atoms with Crippen LogP contribution in [0, 0.1) is 0 Å². The molecule has 13 heteroatoms. The number of rotatable bonds is 7. The van der Waals surface area contributed by atoms with Gasteiger partial charge in [0.25, 0.3) is 5.91 Å². The van der Waals surface area contributed by atoms with Crippen molar-refractivity contribution in [3.05, 3.63) is 53.6 Å². The van der Waals surface area contributed by atoms with Gasteiger partial charge in [-0.3, -0.25) is 9.69 Å². The summed E-state index contributed by atoms with van der Waals surface area (Å²) in [7, 11) is -2.11. The molecule has 1 aromatic heterocycles. The summed E-state index contributed by atoms with van der Waals surface area (Å²) < 4.78 is 44.5. The van der Waals surface area contributed by atoms with E-state index in [0.717, 1.165) is 40.8 Å². The van der Waals surface area contributed by atoms with Gasteiger partial charge in [-0.15, -0.1) is 11.6 Å². The summed E-state index contributed by atoms with van der Waals surface area (Å²) in [6.45, 7) is 7.58. The lowest BCUT2D eigenvalue weighted by Crippen LogP contribution is -2.54. The number of carbonyl (C=O) groups is 2. The Bertz CT molecular complexity index is 1790. The minimum atomic E-state index is -4.16. The molecular formula is C36H48ClN5O6S. The highest BCUT2D eigenvalue weighted by Gasteiger charge is 2.34. The summed E-state index contributed by atoms with van der Waals surface area (Å²) in [6, 6.07) is 13.7. The second kappa shape index (κ2) is 14.5. The number of benzene rings is 2. The lowest BCUT2D eigenvalue weighted by atomic mass is 9.81. The van der Waals surface area contributed by atoms with Gasteiger partial charge in [0.05, 0.1) is 11.7 Å². The van der Waals surface area contributed by atoms with Crippen LogP contribution in [0.5, 0.6) is 5.75 Å². The Labute approximate surface area is 294 Å². The number of hydrogen-bond donors (Lipinski definition) is 1. The molecule has 0 bridgehead atoms. The largest absolute Gasteiger partial charge is 0.491 e. The number of likely N-dealkylation sites (N-methyl/N-ethyl adjacent to an activating group) is 1. The number of halogens is 1. The van der Waals surface area contributed by atoms with E-state index in [-0.39, 0.29) is 37.8 Å². The fourth-order valence-corrected chi connectivity index (χ4v) is 8.69. The number of hydrogen-bond acceptors (Lipinski definition) is 7. The summed E-state index contributed by atoms with van der Waals surface area (Å²) in [5.41, 5.74) is 3.91. The second-order valence-electron chi connectivity index (χ2n) is 14.4. The van der Waals surface area contributed by atoms with Gasteiger partial charge < -0.3 is 18.9 Å². The molecule has 3 heterocycles. The summed E-state index contributed by atoms with van der Waals surface area (Å²) >= 11 is 6.17. The zero-order valence-corrected chi connectivity index (χ0v) is 30.5. The zero-order chi connectivity index (χ0) is 34.9. The van der Waals surface area contributed by atoms with Crippen molar-refractivity contribution >= 4 is 44.7 Å². The monoisotopic (exact) mass is 713 g/mol. The molecule has 3 aromatic rings. The van der Waals surface area contributed by atoms with Crippen LogP contribution < -0.4 is 9.46 Å². The third kappa shape index (κ3) is 7.72. The molecule has 1 saturated heterocycles. The normalized spacial score (nSPS) is 19.5. The number of alkyl halides is 1. The highest BCUT2D eigenvalue weighted by molar-refractivity contribution is 7.87. The van der Waals surface area contributed by atoms with Gasteiger partial charge in [0.2, 0.25) is 0 Å². The van der Waals surface area contributed by atoms with Crippen molar-refractivity contribution in [1.82, 2.24) is 23.4 Å². The lowest BCUT2D eigenvalue weighted by molar-refractivity contribution is 0.0191. The van der Waals surface area contributed by atoms with E-state index in [0.29, 0.717) is 31.5 Å². The van der Waals surface area contributed by atoms with Gasteiger partial charge in [-0.25, -0.2) is 9.52 Å². The third-order valence-electron chi connectivity index (χ3n) is 9.86. The Balaban J connectivity index is 1.34. The number of piperazine rings is 1. The van der Waals surface area contributed by atoms with Crippen LogP contribution in [0.2, 0.25) is 0 Å². The van der Waals surface area contributed by atoms with Crippen molar-refractivity contribution in [3.63, 3.8) is 0 Å². The Morgan fingerprint density at radius 2 is 1.76 bits per heavy atom. The SMILES string of the molecule is CN(CCCl)[C@H]1COc2ccccc2-c2c(C3CCCCC3)c3ccc(C(=O)NS(=O)(=O)N4CCN(C(=O)OC(C)(C)C)CC4)cc3n2C1. The Kier molecular flexibility index (Phi) is 10.5. The molecule has 266 valence electrons. The fraction of sp³-hybridized carbons (Fsp3) is 0.556. The maximum absolute atomic E-state index is 13.7. The maximum Gasteiger partial charge on any atom is 0.410 e. The standard InChI is InChI=1S/C36H48ClN5O6S/c1-36(2,3)48-35(44)40-18-20-41(21-19-40)49(45,46)38-34(43)26-14-15-28-30(22-26)42-23-27(39(4)17-16-37)24-47-31-13-9-8-12-29(31)33(42)32(28)25-10-6-5-7-11-25/h8-9,12-15,22,25,27H,5-7,10-11,16-21,23-24H2,1-4H3,(H,38,43)/t27-/m1/s1. The first-order valence-electron chi connectivity index (χ1n) is 17.3. The molecule has 1 N–H and O–H groups in total. The predicted molar refractivity (Wildman–Crippen MR) is 192 cm³/mol. The molecule has 2 aromatic carbocycles. The first-order valence-corrected chi connectivity index (χ1v) is 19.3. The summed E-state index contributed by atoms with van der Waals surface area (Å²) in [5, 5.41) is 1.08. The smallest absolute Gasteiger partial charge is 0.410 e. The molecule has 1 saturated carbocycles. The zero-order valence-electron chi connectivity index (χ0n) is 28.9. The van der Waals surface area contributed by atoms with Crippen LogP contribution in [0.3, 0.4) is 0 Å². The van der Waals surface area contributed by atoms with Gasteiger partial charge in [-0.05, 0) is 76.4 Å². The van der Waals surface area contributed by atoms with Gasteiger partial charge >= 0.3 is 16.3 Å². The number of carbonyl (C=O) groups excluding carboxylic acids is 2. The van der Waals surface area contributed by atoms with Gasteiger partial charge in [0.15, 0.2) is 0 Å². The molecule has 0 spiro atoms. The first-order chi connectivity index (χ1) is 23.4. The molecule has 2 fully saturated rings. The number of amides is 2. The summed E-state index contributed by atoms with van der Waals surface area (Å²) in [4.78, 5) is 29.9. The average Bonchev–Trinajstić information content (AvgIpc) is 3.37. The third-order valence-corrected chi connectivity index (χ3v) is 11.5. The molecule has 0 radical (unpaired) electrons. The summed E-state index contributed by atoms with van der Waals surface area (Å²) in [5.74, 6) is 0.976. The average molecular weight is 714 g/mol. The van der Waals surface area contributed by atoms with Gasteiger partial charge in [-0.1, -0.05) is 37.5 Å². The second-order valence-corrected chi connectivity index (χ2v) is 16.4. The van der Waals surface area contributed by atoms with E-state index >= 15 is 0 Å². The molecule has 2 aliphatic heterocycles. The van der Waals surface area contributed by atoms with E-state index in [2.05, 4.69) is 20.3 Å². The van der Waals surface area contributed by atoms with E-state index in [1.165, 1.54) is 34.0 Å². The number of fused-ring (bicyclic) bond motifs is 5. The van der Waals surface area contributed by atoms with Crippen molar-refractivity contribution in [3.8, 4) is 17.0 Å². The van der Waals surface area contributed by atoms with Crippen LogP contribution in [0.1, 0.15) is 74.7 Å². The molecule has 2 amide bonds. The molecule has 49 heavy (non-hydrogen) atoms. The van der Waals surface area contributed by atoms with Crippen molar-refractivity contribution < 1.29 is 27.5 Å². The van der Waals surface area contributed by atoms with Crippen molar-refractivity contribution in [2.45, 2.75) is 77.0 Å². The van der Waals surface area contributed by atoms with E-state index in [9.17, 15) is 18.0 Å². The maximum atomic E-state index is 13.7. The topological polar surface area (TPSA) is 113 Å². The lowest BCUT2D eigenvalue weighted by Gasteiger charge is -2.34. The van der Waals surface area contributed by atoms with Crippen molar-refractivity contribution in [1.29, 1.82) is 0 Å². The van der Waals surface area contributed by atoms with Crippen molar-refractivity contribution in [2.75, 3.05) is 52.3 Å². The number of para-hydroxylation sites is 1. The van der Waals surface area contributed by atoms with Crippen LogP contribution in [-0.4, -0.2) is 103 Å². The highest BCUT2D eigenvalue weighted by atomic mass is 35.5. The summed E-state index contributed by atoms with van der Waals surface area (Å²) in [6.07, 6.45) is 5.26. The highest BCUT2D eigenvalue weighted by Crippen LogP contribution is 2.47. The molecule has 1 aliphatic carbocycles. The minimum Gasteiger partial charge on any atom is -0.491 e. The number of nitrogens with zero attached hydrogens (tertiary/aromatic N) is 4. The van der Waals surface area contributed by atoms with E-state index in [4.69, 9.17) is 21.1 Å². The van der Waals surface area contributed by atoms with E-state index < -0.39 is 27.8 Å². The molecule has 3 aliphatic rings.